The van der Waals surface area contributed by atoms with Crippen LogP contribution in [-0.4, -0.2) is 42.7 Å². The van der Waals surface area contributed by atoms with Crippen LogP contribution in [0.4, 0.5) is 0 Å². The molecule has 152 valence electrons. The molecular weight excluding hydrogens is 451 g/mol. The topological polar surface area (TPSA) is 62.9 Å². The average Bonchev–Trinajstić information content (AvgIpc) is 2.89. The third kappa shape index (κ3) is 7.95. The monoisotopic (exact) mass is 486 g/mol. The van der Waals surface area contributed by atoms with Gasteiger partial charge in [0.2, 0.25) is 0 Å². The zero-order valence-corrected chi connectivity index (χ0v) is 18.9. The summed E-state index contributed by atoms with van der Waals surface area (Å²) in [4.78, 5) is 7.03. The van der Waals surface area contributed by atoms with Gasteiger partial charge in [-0.15, -0.1) is 24.0 Å². The number of nitrogens with zero attached hydrogens (tertiary/aromatic N) is 2. The van der Waals surface area contributed by atoms with E-state index in [0.29, 0.717) is 24.7 Å². The predicted molar refractivity (Wildman–Crippen MR) is 123 cm³/mol. The minimum atomic E-state index is 0. The van der Waals surface area contributed by atoms with Crippen LogP contribution in [-0.2, 0) is 17.8 Å². The summed E-state index contributed by atoms with van der Waals surface area (Å²) < 4.78 is 5.62. The Balaban J connectivity index is 0.00000261. The zero-order valence-electron chi connectivity index (χ0n) is 16.5. The third-order valence-electron chi connectivity index (χ3n) is 5.36. The summed E-state index contributed by atoms with van der Waals surface area (Å²) in [6, 6.07) is 9.20. The van der Waals surface area contributed by atoms with Gasteiger partial charge in [0, 0.05) is 25.7 Å². The fourth-order valence-electron chi connectivity index (χ4n) is 3.97. The van der Waals surface area contributed by atoms with Gasteiger partial charge in [-0.05, 0) is 30.9 Å². The molecule has 2 aliphatic rings. The number of morpholine rings is 1. The number of halogens is 1. The summed E-state index contributed by atoms with van der Waals surface area (Å²) in [5, 5.41) is 3.42. The Hall–Kier alpha value is -0.860. The highest BCUT2D eigenvalue weighted by Gasteiger charge is 2.16. The van der Waals surface area contributed by atoms with Gasteiger partial charge in [-0.25, -0.2) is 4.99 Å². The average molecular weight is 486 g/mol. The van der Waals surface area contributed by atoms with Gasteiger partial charge in [0.1, 0.15) is 0 Å². The first-order chi connectivity index (χ1) is 12.7. The molecule has 1 aromatic rings. The normalized spacial score (nSPS) is 22.7. The Bertz CT molecular complexity index is 587. The fraction of sp³-hybridized carbons (Fsp3) is 0.667. The Morgan fingerprint density at radius 1 is 1.22 bits per heavy atom. The highest BCUT2D eigenvalue weighted by molar-refractivity contribution is 14.0. The number of nitrogens with one attached hydrogen (secondary N) is 1. The lowest BCUT2D eigenvalue weighted by Gasteiger charge is -2.31. The molecule has 6 heteroatoms. The summed E-state index contributed by atoms with van der Waals surface area (Å²) in [7, 11) is 0. The van der Waals surface area contributed by atoms with Crippen LogP contribution >= 0.6 is 24.0 Å². The van der Waals surface area contributed by atoms with Crippen LogP contribution in [0, 0.1) is 0 Å². The van der Waals surface area contributed by atoms with E-state index in [1.165, 1.54) is 49.7 Å². The van der Waals surface area contributed by atoms with Gasteiger partial charge in [0.15, 0.2) is 5.96 Å². The molecule has 0 spiro atoms. The summed E-state index contributed by atoms with van der Waals surface area (Å²) in [5.74, 6) is 0.587. The number of benzene rings is 1. The molecule has 0 amide bonds. The molecule has 27 heavy (non-hydrogen) atoms. The van der Waals surface area contributed by atoms with E-state index < -0.39 is 0 Å². The van der Waals surface area contributed by atoms with E-state index in [4.69, 9.17) is 10.5 Å². The molecule has 1 atom stereocenters. The van der Waals surface area contributed by atoms with E-state index in [1.54, 1.807) is 0 Å². The van der Waals surface area contributed by atoms with E-state index >= 15 is 0 Å². The van der Waals surface area contributed by atoms with Gasteiger partial charge >= 0.3 is 0 Å². The summed E-state index contributed by atoms with van der Waals surface area (Å²) in [5.41, 5.74) is 8.68. The zero-order chi connectivity index (χ0) is 18.2. The van der Waals surface area contributed by atoms with Crippen molar-refractivity contribution in [3.8, 4) is 0 Å². The quantitative estimate of drug-likeness (QED) is 0.289. The van der Waals surface area contributed by atoms with Crippen molar-refractivity contribution in [3.05, 3.63) is 35.4 Å². The summed E-state index contributed by atoms with van der Waals surface area (Å²) in [6.07, 6.45) is 8.05. The molecule has 1 heterocycles. The number of ether oxygens (including phenoxy) is 1. The van der Waals surface area contributed by atoms with Crippen LogP contribution in [0.15, 0.2) is 29.3 Å². The molecule has 1 saturated carbocycles. The number of rotatable bonds is 5. The van der Waals surface area contributed by atoms with Crippen LogP contribution in [0.25, 0.3) is 0 Å². The van der Waals surface area contributed by atoms with Crippen molar-refractivity contribution in [1.82, 2.24) is 10.2 Å². The maximum atomic E-state index is 6.12. The van der Waals surface area contributed by atoms with Crippen molar-refractivity contribution < 1.29 is 4.74 Å². The lowest BCUT2D eigenvalue weighted by Crippen LogP contribution is -2.40. The van der Waals surface area contributed by atoms with Crippen LogP contribution in [0.3, 0.4) is 0 Å². The molecule has 2 fully saturated rings. The lowest BCUT2D eigenvalue weighted by molar-refractivity contribution is -0.0212. The van der Waals surface area contributed by atoms with E-state index in [2.05, 4.69) is 46.4 Å². The minimum absolute atomic E-state index is 0. The Morgan fingerprint density at radius 2 is 1.96 bits per heavy atom. The minimum Gasteiger partial charge on any atom is -0.376 e. The third-order valence-corrected chi connectivity index (χ3v) is 5.36. The Labute approximate surface area is 181 Å². The molecule has 5 nitrogen and oxygen atoms in total. The molecular formula is C21H35IN4O. The smallest absolute Gasteiger partial charge is 0.189 e. The standard InChI is InChI=1S/C21H34N4O.HI/c1-17-15-25(11-12-26-17)16-19-8-6-7-18(13-19)14-23-21(22)24-20-9-4-2-3-5-10-20;/h6-8,13,17,20H,2-5,9-12,14-16H2,1H3,(H3,22,23,24);1H. The molecule has 1 saturated heterocycles. The van der Waals surface area contributed by atoms with Crippen LogP contribution in [0.2, 0.25) is 0 Å². The van der Waals surface area contributed by atoms with Gasteiger partial charge in [0.05, 0.1) is 19.3 Å². The van der Waals surface area contributed by atoms with Crippen LogP contribution in [0.1, 0.15) is 56.6 Å². The molecule has 1 aliphatic carbocycles. The largest absolute Gasteiger partial charge is 0.376 e. The van der Waals surface area contributed by atoms with Gasteiger partial charge in [-0.2, -0.15) is 0 Å². The molecule has 1 unspecified atom stereocenters. The second-order valence-corrected chi connectivity index (χ2v) is 7.77. The van der Waals surface area contributed by atoms with Crippen molar-refractivity contribution in [1.29, 1.82) is 0 Å². The van der Waals surface area contributed by atoms with E-state index in [0.717, 1.165) is 26.2 Å². The number of nitrogens with two attached hydrogens (primary N) is 1. The van der Waals surface area contributed by atoms with Crippen LogP contribution < -0.4 is 11.1 Å². The molecule has 3 rings (SSSR count). The number of hydrogen-bond donors (Lipinski definition) is 2. The van der Waals surface area contributed by atoms with Gasteiger partial charge in [0.25, 0.3) is 0 Å². The van der Waals surface area contributed by atoms with Crippen molar-refractivity contribution in [2.75, 3.05) is 19.7 Å². The highest BCUT2D eigenvalue weighted by Crippen LogP contribution is 2.17. The molecule has 0 bridgehead atoms. The summed E-state index contributed by atoms with van der Waals surface area (Å²) in [6.45, 7) is 6.58. The maximum absolute atomic E-state index is 6.12. The molecule has 0 aromatic heterocycles. The number of aliphatic imine (C=N–C) groups is 1. The Kier molecular flexibility index (Phi) is 9.86. The predicted octanol–water partition coefficient (Wildman–Crippen LogP) is 3.65. The van der Waals surface area contributed by atoms with Crippen molar-refractivity contribution in [3.63, 3.8) is 0 Å². The Morgan fingerprint density at radius 3 is 2.70 bits per heavy atom. The molecule has 1 aliphatic heterocycles. The van der Waals surface area contributed by atoms with E-state index in [-0.39, 0.29) is 24.0 Å². The maximum Gasteiger partial charge on any atom is 0.189 e. The molecule has 0 radical (unpaired) electrons. The molecule has 3 N–H and O–H groups in total. The number of guanidine groups is 1. The first kappa shape index (κ1) is 22.4. The van der Waals surface area contributed by atoms with E-state index in [9.17, 15) is 0 Å². The first-order valence-electron chi connectivity index (χ1n) is 10.2. The molecule has 1 aromatic carbocycles. The van der Waals surface area contributed by atoms with Gasteiger partial charge in [-0.1, -0.05) is 49.9 Å². The second-order valence-electron chi connectivity index (χ2n) is 7.77. The van der Waals surface area contributed by atoms with Crippen molar-refractivity contribution in [2.24, 2.45) is 10.7 Å². The van der Waals surface area contributed by atoms with Crippen molar-refractivity contribution >= 4 is 29.9 Å². The highest BCUT2D eigenvalue weighted by atomic mass is 127. The fourth-order valence-corrected chi connectivity index (χ4v) is 3.97. The van der Waals surface area contributed by atoms with Crippen LogP contribution in [0.5, 0.6) is 0 Å². The SMILES string of the molecule is CC1CN(Cc2cccc(CN=C(N)NC3CCCCCC3)c2)CCO1.I. The second kappa shape index (κ2) is 11.9. The van der Waals surface area contributed by atoms with Crippen molar-refractivity contribution in [2.45, 2.75) is 70.7 Å². The lowest BCUT2D eigenvalue weighted by atomic mass is 10.1. The number of hydrogen-bond acceptors (Lipinski definition) is 3. The first-order valence-corrected chi connectivity index (χ1v) is 10.2. The summed E-state index contributed by atoms with van der Waals surface area (Å²) >= 11 is 0. The van der Waals surface area contributed by atoms with Gasteiger partial charge in [-0.3, -0.25) is 4.90 Å². The van der Waals surface area contributed by atoms with E-state index in [1.807, 2.05) is 0 Å². The van der Waals surface area contributed by atoms with Gasteiger partial charge < -0.3 is 15.8 Å².